The zero-order valence-corrected chi connectivity index (χ0v) is 14.7. The van der Waals surface area contributed by atoms with Crippen molar-refractivity contribution in [2.75, 3.05) is 18.0 Å². The number of rotatable bonds is 2. The monoisotopic (exact) mass is 358 g/mol. The minimum Gasteiger partial charge on any atom is -0.274 e. The lowest BCUT2D eigenvalue weighted by Gasteiger charge is -2.29. The van der Waals surface area contributed by atoms with Crippen LogP contribution in [-0.2, 0) is 9.59 Å². The van der Waals surface area contributed by atoms with Crippen LogP contribution in [0.1, 0.15) is 23.6 Å². The van der Waals surface area contributed by atoms with Crippen LogP contribution in [0.5, 0.6) is 0 Å². The van der Waals surface area contributed by atoms with Crippen LogP contribution in [0.4, 0.5) is 5.69 Å². The Balaban J connectivity index is 1.57. The average molecular weight is 358 g/mol. The van der Waals surface area contributed by atoms with Crippen molar-refractivity contribution in [3.8, 4) is 6.07 Å². The van der Waals surface area contributed by atoms with Crippen molar-refractivity contribution in [2.45, 2.75) is 18.5 Å². The molecule has 3 aliphatic rings. The number of hydrogen-bond acceptors (Lipinski definition) is 5. The molecule has 2 aromatic rings. The van der Waals surface area contributed by atoms with Crippen LogP contribution >= 0.6 is 0 Å². The molecule has 3 atom stereocenters. The first-order valence-electron chi connectivity index (χ1n) is 9.17. The molecule has 27 heavy (non-hydrogen) atoms. The summed E-state index contributed by atoms with van der Waals surface area (Å²) < 4.78 is 0. The van der Waals surface area contributed by atoms with E-state index in [0.717, 1.165) is 25.1 Å². The van der Waals surface area contributed by atoms with Crippen LogP contribution in [0.15, 0.2) is 54.6 Å². The molecule has 0 radical (unpaired) electrons. The number of imide groups is 1. The Morgan fingerprint density at radius 3 is 2.19 bits per heavy atom. The van der Waals surface area contributed by atoms with Crippen molar-refractivity contribution in [3.63, 3.8) is 0 Å². The van der Waals surface area contributed by atoms with Crippen LogP contribution in [-0.4, -0.2) is 41.0 Å². The Morgan fingerprint density at radius 1 is 0.852 bits per heavy atom. The molecule has 0 aliphatic carbocycles. The first kappa shape index (κ1) is 16.2. The second kappa shape index (κ2) is 6.02. The van der Waals surface area contributed by atoms with Gasteiger partial charge in [-0.1, -0.05) is 30.3 Å². The maximum absolute atomic E-state index is 13.4. The second-order valence-electron chi connectivity index (χ2n) is 7.18. The predicted molar refractivity (Wildman–Crippen MR) is 98.1 cm³/mol. The van der Waals surface area contributed by atoms with E-state index < -0.39 is 12.0 Å². The van der Waals surface area contributed by atoms with E-state index in [0.29, 0.717) is 11.3 Å². The number of nitriles is 1. The number of hydrogen-bond donors (Lipinski definition) is 0. The Morgan fingerprint density at radius 2 is 1.52 bits per heavy atom. The fourth-order valence-corrected chi connectivity index (χ4v) is 4.70. The Hall–Kier alpha value is -3.01. The molecular weight excluding hydrogens is 340 g/mol. The zero-order valence-electron chi connectivity index (χ0n) is 14.7. The molecule has 2 aromatic carbocycles. The van der Waals surface area contributed by atoms with Crippen molar-refractivity contribution in [2.24, 2.45) is 5.92 Å². The summed E-state index contributed by atoms with van der Waals surface area (Å²) in [6.45, 7) is 1.66. The van der Waals surface area contributed by atoms with Gasteiger partial charge in [0, 0.05) is 13.1 Å². The number of anilines is 1. The van der Waals surface area contributed by atoms with Gasteiger partial charge in [-0.3, -0.25) is 9.59 Å². The van der Waals surface area contributed by atoms with Gasteiger partial charge in [0.25, 0.3) is 5.91 Å². The highest BCUT2D eigenvalue weighted by Crippen LogP contribution is 2.48. The second-order valence-corrected chi connectivity index (χ2v) is 7.18. The molecule has 0 N–H and O–H groups in total. The van der Waals surface area contributed by atoms with Crippen LogP contribution < -0.4 is 4.90 Å². The van der Waals surface area contributed by atoms with Gasteiger partial charge in [0.1, 0.15) is 6.04 Å². The van der Waals surface area contributed by atoms with Crippen LogP contribution in [0.2, 0.25) is 0 Å². The molecule has 5 rings (SSSR count). The Bertz CT molecular complexity index is 950. The summed E-state index contributed by atoms with van der Waals surface area (Å²) in [4.78, 5) is 27.9. The SMILES string of the molecule is N#Cc1ccc(N2C(=O)[C@H]3[C@@H](c4ccccc4)N4CCCN4[C@H]3C2=O)cc1. The maximum atomic E-state index is 13.4. The van der Waals surface area contributed by atoms with E-state index >= 15 is 0 Å². The van der Waals surface area contributed by atoms with Crippen molar-refractivity contribution in [1.82, 2.24) is 10.0 Å². The van der Waals surface area contributed by atoms with Gasteiger partial charge in [-0.25, -0.2) is 14.9 Å². The van der Waals surface area contributed by atoms with E-state index in [4.69, 9.17) is 5.26 Å². The third kappa shape index (κ3) is 2.26. The van der Waals surface area contributed by atoms with Crippen molar-refractivity contribution in [3.05, 3.63) is 65.7 Å². The van der Waals surface area contributed by atoms with Crippen molar-refractivity contribution >= 4 is 17.5 Å². The molecule has 3 saturated heterocycles. The molecule has 134 valence electrons. The summed E-state index contributed by atoms with van der Waals surface area (Å²) in [5.41, 5.74) is 2.11. The molecule has 3 aliphatic heterocycles. The predicted octanol–water partition coefficient (Wildman–Crippen LogP) is 2.09. The summed E-state index contributed by atoms with van der Waals surface area (Å²) >= 11 is 0. The van der Waals surface area contributed by atoms with Gasteiger partial charge in [0.2, 0.25) is 5.91 Å². The van der Waals surface area contributed by atoms with E-state index in [1.165, 1.54) is 4.90 Å². The number of carbonyl (C=O) groups is 2. The molecule has 0 spiro atoms. The van der Waals surface area contributed by atoms with Gasteiger partial charge >= 0.3 is 0 Å². The number of fused-ring (bicyclic) bond motifs is 3. The molecule has 0 aromatic heterocycles. The first-order chi connectivity index (χ1) is 13.2. The van der Waals surface area contributed by atoms with Crippen LogP contribution in [0.25, 0.3) is 0 Å². The summed E-state index contributed by atoms with van der Waals surface area (Å²) in [7, 11) is 0. The number of nitrogens with zero attached hydrogens (tertiary/aromatic N) is 4. The highest BCUT2D eigenvalue weighted by molar-refractivity contribution is 6.24. The highest BCUT2D eigenvalue weighted by atomic mass is 16.2. The number of carbonyl (C=O) groups excluding carboxylic acids is 2. The van der Waals surface area contributed by atoms with E-state index in [9.17, 15) is 9.59 Å². The minimum atomic E-state index is -0.444. The smallest absolute Gasteiger partial charge is 0.253 e. The highest BCUT2D eigenvalue weighted by Gasteiger charge is 2.62. The van der Waals surface area contributed by atoms with Gasteiger partial charge < -0.3 is 0 Å². The Labute approximate surface area is 157 Å². The van der Waals surface area contributed by atoms with Gasteiger partial charge in [0.05, 0.1) is 29.3 Å². The van der Waals surface area contributed by atoms with Gasteiger partial charge in [-0.05, 0) is 36.2 Å². The van der Waals surface area contributed by atoms with E-state index in [1.54, 1.807) is 24.3 Å². The molecule has 6 heteroatoms. The van der Waals surface area contributed by atoms with Gasteiger partial charge in [-0.15, -0.1) is 0 Å². The van der Waals surface area contributed by atoms with Crippen molar-refractivity contribution in [1.29, 1.82) is 5.26 Å². The number of amides is 2. The molecule has 0 unspecified atom stereocenters. The summed E-state index contributed by atoms with van der Waals surface area (Å²) in [6.07, 6.45) is 0.991. The van der Waals surface area contributed by atoms with Gasteiger partial charge in [-0.2, -0.15) is 5.26 Å². The topological polar surface area (TPSA) is 67.7 Å². The molecular formula is C21H18N4O2. The fourth-order valence-electron chi connectivity index (χ4n) is 4.70. The Kier molecular flexibility index (Phi) is 3.61. The van der Waals surface area contributed by atoms with Crippen LogP contribution in [0.3, 0.4) is 0 Å². The van der Waals surface area contributed by atoms with E-state index in [-0.39, 0.29) is 17.9 Å². The normalized spacial score (nSPS) is 27.7. The van der Waals surface area contributed by atoms with Crippen LogP contribution in [0, 0.1) is 17.2 Å². The minimum absolute atomic E-state index is 0.112. The van der Waals surface area contributed by atoms with Gasteiger partial charge in [0.15, 0.2) is 0 Å². The average Bonchev–Trinajstić information content (AvgIpc) is 3.35. The molecule has 3 fully saturated rings. The molecule has 0 bridgehead atoms. The van der Waals surface area contributed by atoms with E-state index in [2.05, 4.69) is 16.1 Å². The summed E-state index contributed by atoms with van der Waals surface area (Å²) in [5.74, 6) is -0.728. The summed E-state index contributed by atoms with van der Waals surface area (Å²) in [6, 6.07) is 18.1. The summed E-state index contributed by atoms with van der Waals surface area (Å²) in [5, 5.41) is 13.3. The lowest BCUT2D eigenvalue weighted by atomic mass is 9.90. The third-order valence-corrected chi connectivity index (χ3v) is 5.80. The quantitative estimate of drug-likeness (QED) is 0.769. The fraction of sp³-hybridized carbons (Fsp3) is 0.286. The maximum Gasteiger partial charge on any atom is 0.253 e. The third-order valence-electron chi connectivity index (χ3n) is 5.80. The molecule has 3 heterocycles. The molecule has 0 saturated carbocycles. The number of benzene rings is 2. The van der Waals surface area contributed by atoms with Crippen molar-refractivity contribution < 1.29 is 9.59 Å². The standard InChI is InChI=1S/C21H18N4O2/c22-13-14-7-9-16(10-8-14)25-20(26)17-18(15-5-2-1-3-6-15)23-11-4-12-24(23)19(17)21(25)27/h1-3,5-10,17-19H,4,11-12H2/t17-,18+,19+/m0/s1. The number of hydrazine groups is 1. The first-order valence-corrected chi connectivity index (χ1v) is 9.17. The largest absolute Gasteiger partial charge is 0.274 e. The lowest BCUT2D eigenvalue weighted by molar-refractivity contribution is -0.126. The molecule has 6 nitrogen and oxygen atoms in total. The lowest BCUT2D eigenvalue weighted by Crippen LogP contribution is -2.44. The zero-order chi connectivity index (χ0) is 18.5. The van der Waals surface area contributed by atoms with E-state index in [1.807, 2.05) is 30.3 Å². The molecule has 2 amide bonds.